The monoisotopic (exact) mass is 216 g/mol. The fraction of sp³-hybridized carbons (Fsp3) is 0.333. The second-order valence-electron chi connectivity index (χ2n) is 4.24. The largest absolute Gasteiger partial charge is 0.508 e. The van der Waals surface area contributed by atoms with E-state index in [0.717, 1.165) is 16.7 Å². The number of rotatable bonds is 2. The highest BCUT2D eigenvalue weighted by Gasteiger charge is 2.06. The quantitative estimate of drug-likeness (QED) is 0.731. The number of phenols is 1. The maximum absolute atomic E-state index is 9.69. The molecule has 1 heteroatoms. The first kappa shape index (κ1) is 12.6. The summed E-state index contributed by atoms with van der Waals surface area (Å²) in [6.45, 7) is 10.1. The number of benzene rings is 1. The van der Waals surface area contributed by atoms with Gasteiger partial charge >= 0.3 is 0 Å². The molecule has 0 spiro atoms. The molecule has 0 fully saturated rings. The average molecular weight is 216 g/mol. The lowest BCUT2D eigenvalue weighted by Crippen LogP contribution is -1.91. The molecule has 0 atom stereocenters. The fourth-order valence-corrected chi connectivity index (χ4v) is 1.65. The van der Waals surface area contributed by atoms with Crippen LogP contribution in [0.4, 0.5) is 0 Å². The van der Waals surface area contributed by atoms with Gasteiger partial charge in [0.15, 0.2) is 0 Å². The zero-order chi connectivity index (χ0) is 12.3. The van der Waals surface area contributed by atoms with E-state index in [1.165, 1.54) is 11.1 Å². The van der Waals surface area contributed by atoms with Crippen LogP contribution in [0.2, 0.25) is 0 Å². The molecule has 0 radical (unpaired) electrons. The molecule has 86 valence electrons. The number of phenolic OH excluding ortho intramolecular Hbond substituents is 1. The number of aryl methyl sites for hydroxylation is 1. The molecule has 0 unspecified atom stereocenters. The van der Waals surface area contributed by atoms with Crippen LogP contribution < -0.4 is 0 Å². The lowest BCUT2D eigenvalue weighted by molar-refractivity contribution is 0.470. The van der Waals surface area contributed by atoms with E-state index >= 15 is 0 Å². The van der Waals surface area contributed by atoms with Crippen LogP contribution in [-0.2, 0) is 0 Å². The number of aromatic hydroxyl groups is 1. The lowest BCUT2D eigenvalue weighted by atomic mass is 9.96. The van der Waals surface area contributed by atoms with Gasteiger partial charge in [0.2, 0.25) is 0 Å². The standard InChI is InChI=1S/C15H20O/c1-6-10(2)7-8-14-11(3)9-15(16)13(5)12(14)4/h6-9,16H,1-5H3/b8-7+,10-6?. The van der Waals surface area contributed by atoms with Gasteiger partial charge < -0.3 is 5.11 Å². The number of hydrogen-bond donors (Lipinski definition) is 1. The summed E-state index contributed by atoms with van der Waals surface area (Å²) < 4.78 is 0. The summed E-state index contributed by atoms with van der Waals surface area (Å²) in [5.74, 6) is 0.384. The molecule has 16 heavy (non-hydrogen) atoms. The molecule has 1 aromatic rings. The molecule has 1 rings (SSSR count). The van der Waals surface area contributed by atoms with Gasteiger partial charge in [0.1, 0.15) is 5.75 Å². The van der Waals surface area contributed by atoms with Crippen LogP contribution in [-0.4, -0.2) is 5.11 Å². The summed E-state index contributed by atoms with van der Waals surface area (Å²) >= 11 is 0. The zero-order valence-electron chi connectivity index (χ0n) is 10.8. The molecule has 0 saturated carbocycles. The van der Waals surface area contributed by atoms with Crippen LogP contribution in [0.3, 0.4) is 0 Å². The topological polar surface area (TPSA) is 20.2 Å². The Hall–Kier alpha value is -1.50. The first-order chi connectivity index (χ1) is 7.47. The van der Waals surface area contributed by atoms with Crippen LogP contribution in [0.1, 0.15) is 36.1 Å². The Morgan fingerprint density at radius 2 is 1.81 bits per heavy atom. The van der Waals surface area contributed by atoms with Gasteiger partial charge in [-0.3, -0.25) is 0 Å². The van der Waals surface area contributed by atoms with Gasteiger partial charge in [-0.05, 0) is 62.9 Å². The highest BCUT2D eigenvalue weighted by Crippen LogP contribution is 2.27. The van der Waals surface area contributed by atoms with E-state index in [-0.39, 0.29) is 0 Å². The minimum Gasteiger partial charge on any atom is -0.508 e. The average Bonchev–Trinajstić information content (AvgIpc) is 2.25. The van der Waals surface area contributed by atoms with E-state index in [0.29, 0.717) is 5.75 Å². The second-order valence-corrected chi connectivity index (χ2v) is 4.24. The summed E-state index contributed by atoms with van der Waals surface area (Å²) in [5.41, 5.74) is 5.67. The molecule has 0 aliphatic rings. The normalized spacial score (nSPS) is 12.4. The first-order valence-corrected chi connectivity index (χ1v) is 5.58. The highest BCUT2D eigenvalue weighted by atomic mass is 16.3. The van der Waals surface area contributed by atoms with Gasteiger partial charge in [-0.25, -0.2) is 0 Å². The molecular weight excluding hydrogens is 196 g/mol. The van der Waals surface area contributed by atoms with Gasteiger partial charge in [0.05, 0.1) is 0 Å². The zero-order valence-corrected chi connectivity index (χ0v) is 10.8. The van der Waals surface area contributed by atoms with Crippen molar-refractivity contribution in [2.45, 2.75) is 34.6 Å². The van der Waals surface area contributed by atoms with Crippen molar-refractivity contribution in [2.75, 3.05) is 0 Å². The molecule has 1 aromatic carbocycles. The van der Waals surface area contributed by atoms with E-state index in [1.54, 1.807) is 0 Å². The molecule has 1 N–H and O–H groups in total. The number of hydrogen-bond acceptors (Lipinski definition) is 1. The van der Waals surface area contributed by atoms with Gasteiger partial charge in [-0.15, -0.1) is 0 Å². The fourth-order valence-electron chi connectivity index (χ4n) is 1.65. The van der Waals surface area contributed by atoms with Crippen LogP contribution >= 0.6 is 0 Å². The molecule has 0 bridgehead atoms. The summed E-state index contributed by atoms with van der Waals surface area (Å²) in [5, 5.41) is 9.69. The summed E-state index contributed by atoms with van der Waals surface area (Å²) in [6, 6.07) is 1.83. The van der Waals surface area contributed by atoms with E-state index < -0.39 is 0 Å². The second kappa shape index (κ2) is 5.02. The van der Waals surface area contributed by atoms with Crippen molar-refractivity contribution in [3.63, 3.8) is 0 Å². The predicted molar refractivity (Wildman–Crippen MR) is 70.8 cm³/mol. The van der Waals surface area contributed by atoms with Gasteiger partial charge in [0, 0.05) is 0 Å². The minimum absolute atomic E-state index is 0.384. The van der Waals surface area contributed by atoms with Gasteiger partial charge in [-0.1, -0.05) is 23.8 Å². The Morgan fingerprint density at radius 1 is 1.19 bits per heavy atom. The van der Waals surface area contributed by atoms with Crippen molar-refractivity contribution < 1.29 is 5.11 Å². The molecule has 0 saturated heterocycles. The third kappa shape index (κ3) is 2.54. The van der Waals surface area contributed by atoms with Crippen LogP contribution in [0, 0.1) is 20.8 Å². The third-order valence-electron chi connectivity index (χ3n) is 3.10. The molecule has 1 nitrogen and oxygen atoms in total. The molecular formula is C15H20O. The Labute approximate surface area is 98.1 Å². The lowest BCUT2D eigenvalue weighted by Gasteiger charge is -2.10. The highest BCUT2D eigenvalue weighted by molar-refractivity contribution is 5.63. The molecule has 0 heterocycles. The Kier molecular flexibility index (Phi) is 3.94. The van der Waals surface area contributed by atoms with Crippen molar-refractivity contribution >= 4 is 6.08 Å². The maximum Gasteiger partial charge on any atom is 0.119 e. The summed E-state index contributed by atoms with van der Waals surface area (Å²) in [7, 11) is 0. The molecule has 0 amide bonds. The van der Waals surface area contributed by atoms with Crippen LogP contribution in [0.25, 0.3) is 6.08 Å². The SMILES string of the molecule is CC=C(C)/C=C/c1c(C)cc(O)c(C)c1C. The Morgan fingerprint density at radius 3 is 2.38 bits per heavy atom. The van der Waals surface area contributed by atoms with E-state index in [4.69, 9.17) is 0 Å². The van der Waals surface area contributed by atoms with Crippen molar-refractivity contribution in [2.24, 2.45) is 0 Å². The third-order valence-corrected chi connectivity index (χ3v) is 3.10. The molecule has 0 aromatic heterocycles. The van der Waals surface area contributed by atoms with Crippen molar-refractivity contribution in [1.82, 2.24) is 0 Å². The summed E-state index contributed by atoms with van der Waals surface area (Å²) in [6.07, 6.45) is 6.30. The van der Waals surface area contributed by atoms with E-state index in [2.05, 4.69) is 25.2 Å². The van der Waals surface area contributed by atoms with E-state index in [9.17, 15) is 5.11 Å². The van der Waals surface area contributed by atoms with E-state index in [1.807, 2.05) is 33.8 Å². The van der Waals surface area contributed by atoms with Crippen molar-refractivity contribution in [3.8, 4) is 5.75 Å². The maximum atomic E-state index is 9.69. The Balaban J connectivity index is 3.25. The van der Waals surface area contributed by atoms with Gasteiger partial charge in [-0.2, -0.15) is 0 Å². The molecule has 0 aliphatic heterocycles. The van der Waals surface area contributed by atoms with Crippen LogP contribution in [0.15, 0.2) is 23.8 Å². The van der Waals surface area contributed by atoms with Crippen LogP contribution in [0.5, 0.6) is 5.75 Å². The predicted octanol–water partition coefficient (Wildman–Crippen LogP) is 4.30. The first-order valence-electron chi connectivity index (χ1n) is 5.58. The number of allylic oxidation sites excluding steroid dienone is 3. The van der Waals surface area contributed by atoms with Crippen molar-refractivity contribution in [1.29, 1.82) is 0 Å². The Bertz CT molecular complexity index is 451. The minimum atomic E-state index is 0.384. The molecule has 0 aliphatic carbocycles. The smallest absolute Gasteiger partial charge is 0.119 e. The van der Waals surface area contributed by atoms with Gasteiger partial charge in [0.25, 0.3) is 0 Å². The summed E-state index contributed by atoms with van der Waals surface area (Å²) in [4.78, 5) is 0. The van der Waals surface area contributed by atoms with Crippen molar-refractivity contribution in [3.05, 3.63) is 46.0 Å².